The van der Waals surface area contributed by atoms with E-state index in [1.165, 1.54) is 22.7 Å². The third kappa shape index (κ3) is 4.27. The number of hydrogen-bond acceptors (Lipinski definition) is 5. The Bertz CT molecular complexity index is 970. The Morgan fingerprint density at radius 3 is 2.75 bits per heavy atom. The Morgan fingerprint density at radius 2 is 2.00 bits per heavy atom. The Morgan fingerprint density at radius 1 is 1.18 bits per heavy atom. The summed E-state index contributed by atoms with van der Waals surface area (Å²) >= 11 is 8.80. The van der Waals surface area contributed by atoms with Crippen molar-refractivity contribution in [1.82, 2.24) is 9.88 Å². The molecule has 28 heavy (non-hydrogen) atoms. The van der Waals surface area contributed by atoms with E-state index in [0.29, 0.717) is 28.1 Å². The van der Waals surface area contributed by atoms with E-state index in [1.54, 1.807) is 11.1 Å². The number of hydrogen-bond donors (Lipinski definition) is 1. The van der Waals surface area contributed by atoms with Crippen LogP contribution in [0.1, 0.15) is 22.5 Å². The lowest BCUT2D eigenvalue weighted by molar-refractivity contribution is -0.121. The summed E-state index contributed by atoms with van der Waals surface area (Å²) in [6.07, 6.45) is 3.25. The maximum Gasteiger partial charge on any atom is 0.263 e. The minimum absolute atomic E-state index is 0.0167. The molecule has 0 bridgehead atoms. The monoisotopic (exact) mass is 431 g/mol. The van der Waals surface area contributed by atoms with Crippen LogP contribution in [0.3, 0.4) is 0 Å². The molecule has 1 N–H and O–H groups in total. The van der Waals surface area contributed by atoms with Crippen molar-refractivity contribution in [3.63, 3.8) is 0 Å². The van der Waals surface area contributed by atoms with Gasteiger partial charge in [-0.2, -0.15) is 0 Å². The maximum atomic E-state index is 13.0. The van der Waals surface area contributed by atoms with E-state index in [0.717, 1.165) is 23.3 Å². The van der Waals surface area contributed by atoms with Gasteiger partial charge in [0.1, 0.15) is 0 Å². The van der Waals surface area contributed by atoms with Crippen molar-refractivity contribution in [3.05, 3.63) is 57.9 Å². The second kappa shape index (κ2) is 8.43. The lowest BCUT2D eigenvalue weighted by Gasteiger charge is -2.31. The number of carbonyl (C=O) groups is 2. The molecular weight excluding hydrogens is 414 g/mol. The fourth-order valence-corrected chi connectivity index (χ4v) is 4.88. The summed E-state index contributed by atoms with van der Waals surface area (Å²) in [4.78, 5) is 33.0. The summed E-state index contributed by atoms with van der Waals surface area (Å²) in [5.41, 5.74) is 1.03. The largest absolute Gasteiger partial charge is 0.337 e. The summed E-state index contributed by atoms with van der Waals surface area (Å²) in [6.45, 7) is 1.11. The van der Waals surface area contributed by atoms with Gasteiger partial charge in [-0.05, 0) is 42.7 Å². The highest BCUT2D eigenvalue weighted by Gasteiger charge is 2.29. The third-order valence-corrected chi connectivity index (χ3v) is 6.75. The predicted molar refractivity (Wildman–Crippen MR) is 114 cm³/mol. The van der Waals surface area contributed by atoms with Gasteiger partial charge in [-0.25, -0.2) is 4.98 Å². The van der Waals surface area contributed by atoms with Gasteiger partial charge in [0.25, 0.3) is 5.91 Å². The molecule has 0 spiro atoms. The molecule has 1 aromatic carbocycles. The van der Waals surface area contributed by atoms with E-state index in [9.17, 15) is 9.59 Å². The topological polar surface area (TPSA) is 62.3 Å². The van der Waals surface area contributed by atoms with Crippen LogP contribution in [0.2, 0.25) is 5.02 Å². The first kappa shape index (κ1) is 19.1. The van der Waals surface area contributed by atoms with Crippen LogP contribution in [0.25, 0.3) is 10.4 Å². The lowest BCUT2D eigenvalue weighted by atomic mass is 9.97. The highest BCUT2D eigenvalue weighted by Crippen LogP contribution is 2.30. The van der Waals surface area contributed by atoms with E-state index in [1.807, 2.05) is 41.8 Å². The van der Waals surface area contributed by atoms with E-state index < -0.39 is 0 Å². The zero-order chi connectivity index (χ0) is 19.5. The summed E-state index contributed by atoms with van der Waals surface area (Å²) in [6, 6.07) is 11.4. The number of carbonyl (C=O) groups excluding carboxylic acids is 2. The molecule has 1 unspecified atom stereocenters. The third-order valence-electron chi connectivity index (χ3n) is 4.69. The first-order chi connectivity index (χ1) is 13.6. The second-order valence-corrected chi connectivity index (χ2v) is 9.00. The summed E-state index contributed by atoms with van der Waals surface area (Å²) < 4.78 is 0. The number of thiazole rings is 1. The maximum absolute atomic E-state index is 13.0. The molecular formula is C20H18ClN3O2S2. The van der Waals surface area contributed by atoms with Gasteiger partial charge in [-0.3, -0.25) is 9.59 Å². The number of nitrogens with zero attached hydrogens (tertiary/aromatic N) is 2. The summed E-state index contributed by atoms with van der Waals surface area (Å²) in [5, 5.41) is 5.95. The molecule has 0 aliphatic carbocycles. The predicted octanol–water partition coefficient (Wildman–Crippen LogP) is 5.02. The van der Waals surface area contributed by atoms with E-state index in [4.69, 9.17) is 11.6 Å². The molecule has 144 valence electrons. The van der Waals surface area contributed by atoms with Crippen LogP contribution in [0.5, 0.6) is 0 Å². The lowest BCUT2D eigenvalue weighted by Crippen LogP contribution is -2.43. The number of aromatic nitrogens is 1. The van der Waals surface area contributed by atoms with Crippen molar-refractivity contribution in [2.75, 3.05) is 18.4 Å². The van der Waals surface area contributed by atoms with Crippen LogP contribution >= 0.6 is 34.3 Å². The highest BCUT2D eigenvalue weighted by atomic mass is 35.5. The zero-order valence-electron chi connectivity index (χ0n) is 14.9. The fraction of sp³-hybridized carbons (Fsp3) is 0.250. The van der Waals surface area contributed by atoms with Gasteiger partial charge < -0.3 is 10.2 Å². The molecule has 1 aliphatic rings. The number of likely N-dealkylation sites (tertiary alicyclic amines) is 1. The van der Waals surface area contributed by atoms with Crippen LogP contribution in [0.15, 0.2) is 48.0 Å². The molecule has 4 rings (SSSR count). The normalized spacial score (nSPS) is 16.8. The number of benzene rings is 1. The number of halogens is 1. The van der Waals surface area contributed by atoms with Gasteiger partial charge in [0, 0.05) is 34.6 Å². The fourth-order valence-electron chi connectivity index (χ4n) is 3.25. The van der Waals surface area contributed by atoms with Gasteiger partial charge in [-0.1, -0.05) is 23.7 Å². The average Bonchev–Trinajstić information content (AvgIpc) is 3.40. The van der Waals surface area contributed by atoms with Gasteiger partial charge in [0.2, 0.25) is 5.91 Å². The molecule has 3 aromatic rings. The first-order valence-electron chi connectivity index (χ1n) is 8.95. The molecule has 1 fully saturated rings. The molecule has 0 radical (unpaired) electrons. The van der Waals surface area contributed by atoms with Gasteiger partial charge in [0.05, 0.1) is 10.8 Å². The van der Waals surface area contributed by atoms with Crippen molar-refractivity contribution >= 4 is 51.2 Å². The number of rotatable bonds is 4. The Labute approximate surface area is 176 Å². The molecule has 1 aliphatic heterocycles. The van der Waals surface area contributed by atoms with Crippen LogP contribution < -0.4 is 5.32 Å². The minimum atomic E-state index is -0.211. The van der Waals surface area contributed by atoms with Gasteiger partial charge in [-0.15, -0.1) is 22.7 Å². The number of nitrogens with one attached hydrogen (secondary N) is 1. The zero-order valence-corrected chi connectivity index (χ0v) is 17.3. The molecule has 5 nitrogen and oxygen atoms in total. The van der Waals surface area contributed by atoms with Crippen molar-refractivity contribution in [2.24, 2.45) is 5.92 Å². The van der Waals surface area contributed by atoms with E-state index >= 15 is 0 Å². The standard InChI is InChI=1S/C20H18ClN3O2S2/c21-15-5-3-13(4-6-15)16-7-8-17(28-16)19(26)24-10-1-2-14(12-24)18(25)23-20-22-9-11-27-20/h3-9,11,14H,1-2,10,12H2,(H,22,23,25). The summed E-state index contributed by atoms with van der Waals surface area (Å²) in [7, 11) is 0. The van der Waals surface area contributed by atoms with Crippen molar-refractivity contribution in [3.8, 4) is 10.4 Å². The van der Waals surface area contributed by atoms with Gasteiger partial charge in [0.15, 0.2) is 5.13 Å². The highest BCUT2D eigenvalue weighted by molar-refractivity contribution is 7.17. The minimum Gasteiger partial charge on any atom is -0.337 e. The van der Waals surface area contributed by atoms with E-state index in [-0.39, 0.29) is 17.7 Å². The quantitative estimate of drug-likeness (QED) is 0.631. The summed E-state index contributed by atoms with van der Waals surface area (Å²) in [5.74, 6) is -0.297. The number of anilines is 1. The molecule has 0 saturated carbocycles. The molecule has 3 heterocycles. The SMILES string of the molecule is O=C(Nc1nccs1)C1CCCN(C(=O)c2ccc(-c3ccc(Cl)cc3)s2)C1. The second-order valence-electron chi connectivity index (χ2n) is 6.59. The van der Waals surface area contributed by atoms with Crippen LogP contribution in [0, 0.1) is 5.92 Å². The average molecular weight is 432 g/mol. The molecule has 1 saturated heterocycles. The molecule has 2 amide bonds. The van der Waals surface area contributed by atoms with Crippen LogP contribution in [0.4, 0.5) is 5.13 Å². The van der Waals surface area contributed by atoms with E-state index in [2.05, 4.69) is 10.3 Å². The Kier molecular flexibility index (Phi) is 5.75. The Hall–Kier alpha value is -2.22. The van der Waals surface area contributed by atoms with Crippen LogP contribution in [-0.2, 0) is 4.79 Å². The number of thiophene rings is 1. The van der Waals surface area contributed by atoms with Crippen LogP contribution in [-0.4, -0.2) is 34.8 Å². The molecule has 2 aromatic heterocycles. The number of amides is 2. The smallest absolute Gasteiger partial charge is 0.263 e. The molecule has 1 atom stereocenters. The first-order valence-corrected chi connectivity index (χ1v) is 11.0. The Balaban J connectivity index is 1.43. The van der Waals surface area contributed by atoms with Gasteiger partial charge >= 0.3 is 0 Å². The van der Waals surface area contributed by atoms with Crippen molar-refractivity contribution in [2.45, 2.75) is 12.8 Å². The van der Waals surface area contributed by atoms with Crippen molar-refractivity contribution < 1.29 is 9.59 Å². The molecule has 8 heteroatoms. The number of piperidine rings is 1. The van der Waals surface area contributed by atoms with Crippen molar-refractivity contribution in [1.29, 1.82) is 0 Å².